The molecule has 1 aliphatic carbocycles. The Morgan fingerprint density at radius 1 is 1.15 bits per heavy atom. The van der Waals surface area contributed by atoms with Gasteiger partial charge in [0.2, 0.25) is 11.7 Å². The van der Waals surface area contributed by atoms with Gasteiger partial charge in [0, 0.05) is 30.0 Å². The quantitative estimate of drug-likeness (QED) is 0.700. The minimum Gasteiger partial charge on any atom is -0.493 e. The van der Waals surface area contributed by atoms with Crippen molar-refractivity contribution in [3.05, 3.63) is 35.2 Å². The molecule has 3 aromatic rings. The number of nitrogens with two attached hydrogens (primary N) is 2. The molecule has 2 heterocycles. The first-order valence-corrected chi connectivity index (χ1v) is 8.62. The number of ether oxygens (including phenoxy) is 2. The van der Waals surface area contributed by atoms with Gasteiger partial charge in [0.1, 0.15) is 11.6 Å². The van der Waals surface area contributed by atoms with E-state index < -0.39 is 0 Å². The first-order chi connectivity index (χ1) is 12.6. The average Bonchev–Trinajstić information content (AvgIpc) is 3.33. The van der Waals surface area contributed by atoms with Crippen molar-refractivity contribution in [3.63, 3.8) is 0 Å². The second kappa shape index (κ2) is 6.40. The molecule has 0 unspecified atom stereocenters. The summed E-state index contributed by atoms with van der Waals surface area (Å²) in [7, 11) is 3.23. The number of nitrogens with zero attached hydrogens (tertiary/aromatic N) is 2. The smallest absolute Gasteiger partial charge is 0.221 e. The zero-order valence-corrected chi connectivity index (χ0v) is 14.9. The molecule has 136 valence electrons. The molecular formula is C19H22N4O3. The molecule has 1 fully saturated rings. The number of benzene rings is 1. The number of nitrogen functional groups attached to an aromatic ring is 2. The summed E-state index contributed by atoms with van der Waals surface area (Å²) in [6, 6.07) is 4.05. The Bertz CT molecular complexity index is 963. The number of hydrogen-bond donors (Lipinski definition) is 2. The summed E-state index contributed by atoms with van der Waals surface area (Å²) in [4.78, 5) is 8.10. The zero-order valence-electron chi connectivity index (χ0n) is 14.9. The zero-order chi connectivity index (χ0) is 18.3. The van der Waals surface area contributed by atoms with Gasteiger partial charge in [-0.05, 0) is 36.5 Å². The van der Waals surface area contributed by atoms with E-state index in [-0.39, 0.29) is 5.95 Å². The van der Waals surface area contributed by atoms with Crippen molar-refractivity contribution in [3.8, 4) is 11.5 Å². The molecule has 4 N–H and O–H groups in total. The van der Waals surface area contributed by atoms with E-state index in [1.807, 2.05) is 6.07 Å². The first-order valence-electron chi connectivity index (χ1n) is 8.62. The van der Waals surface area contributed by atoms with Gasteiger partial charge >= 0.3 is 0 Å². The number of fused-ring (bicyclic) bond motifs is 1. The number of methoxy groups -OCH3 is 2. The van der Waals surface area contributed by atoms with Crippen LogP contribution in [0.4, 0.5) is 11.8 Å². The predicted molar refractivity (Wildman–Crippen MR) is 99.4 cm³/mol. The molecule has 1 aliphatic rings. The van der Waals surface area contributed by atoms with Crippen LogP contribution in [-0.2, 0) is 12.8 Å². The van der Waals surface area contributed by atoms with Gasteiger partial charge in [0.05, 0.1) is 14.2 Å². The highest BCUT2D eigenvalue weighted by Crippen LogP contribution is 2.42. The lowest BCUT2D eigenvalue weighted by molar-refractivity contribution is 0.352. The van der Waals surface area contributed by atoms with Crippen LogP contribution in [0, 0.1) is 5.92 Å². The number of aromatic nitrogens is 2. The highest BCUT2D eigenvalue weighted by atomic mass is 16.5. The minimum atomic E-state index is 0.165. The SMILES string of the molecule is COc1cc(Cc2cnc(N)nc2N)c2cc(CC3CC3)oc2c1OC. The maximum Gasteiger partial charge on any atom is 0.221 e. The summed E-state index contributed by atoms with van der Waals surface area (Å²) >= 11 is 0. The van der Waals surface area contributed by atoms with Crippen molar-refractivity contribution >= 4 is 22.7 Å². The van der Waals surface area contributed by atoms with Gasteiger partial charge in [-0.25, -0.2) is 4.98 Å². The van der Waals surface area contributed by atoms with Crippen LogP contribution in [0.1, 0.15) is 29.7 Å². The summed E-state index contributed by atoms with van der Waals surface area (Å²) in [5.41, 5.74) is 14.1. The molecule has 0 saturated heterocycles. The number of furan rings is 1. The van der Waals surface area contributed by atoms with Gasteiger partial charge in [0.25, 0.3) is 0 Å². The van der Waals surface area contributed by atoms with Crippen LogP contribution in [-0.4, -0.2) is 24.2 Å². The number of rotatable bonds is 6. The second-order valence-corrected chi connectivity index (χ2v) is 6.69. The fourth-order valence-electron chi connectivity index (χ4n) is 3.24. The summed E-state index contributed by atoms with van der Waals surface area (Å²) in [5, 5.41) is 0.995. The molecule has 2 aromatic heterocycles. The van der Waals surface area contributed by atoms with E-state index in [0.717, 1.165) is 34.6 Å². The minimum absolute atomic E-state index is 0.165. The predicted octanol–water partition coefficient (Wildman–Crippen LogP) is 2.95. The summed E-state index contributed by atoms with van der Waals surface area (Å²) in [6.45, 7) is 0. The highest BCUT2D eigenvalue weighted by Gasteiger charge is 2.25. The van der Waals surface area contributed by atoms with E-state index >= 15 is 0 Å². The Balaban J connectivity index is 1.82. The van der Waals surface area contributed by atoms with Crippen LogP contribution in [0.2, 0.25) is 0 Å². The topological polar surface area (TPSA) is 109 Å². The van der Waals surface area contributed by atoms with Crippen molar-refractivity contribution in [2.45, 2.75) is 25.7 Å². The third-order valence-electron chi connectivity index (χ3n) is 4.77. The Morgan fingerprint density at radius 2 is 1.96 bits per heavy atom. The molecule has 0 aliphatic heterocycles. The van der Waals surface area contributed by atoms with Gasteiger partial charge in [0.15, 0.2) is 11.3 Å². The number of anilines is 2. The fourth-order valence-corrected chi connectivity index (χ4v) is 3.24. The van der Waals surface area contributed by atoms with Crippen LogP contribution in [0.25, 0.3) is 11.0 Å². The van der Waals surface area contributed by atoms with Gasteiger partial charge in [-0.1, -0.05) is 0 Å². The van der Waals surface area contributed by atoms with E-state index in [1.54, 1.807) is 20.4 Å². The van der Waals surface area contributed by atoms with Gasteiger partial charge < -0.3 is 25.4 Å². The maximum atomic E-state index is 6.12. The van der Waals surface area contributed by atoms with Crippen molar-refractivity contribution < 1.29 is 13.9 Å². The molecule has 0 bridgehead atoms. The lowest BCUT2D eigenvalue weighted by Gasteiger charge is -2.12. The largest absolute Gasteiger partial charge is 0.493 e. The Kier molecular flexibility index (Phi) is 4.06. The van der Waals surface area contributed by atoms with E-state index in [9.17, 15) is 0 Å². The van der Waals surface area contributed by atoms with E-state index in [0.29, 0.717) is 29.3 Å². The average molecular weight is 354 g/mol. The van der Waals surface area contributed by atoms with E-state index in [1.165, 1.54) is 12.8 Å². The lowest BCUT2D eigenvalue weighted by atomic mass is 10.0. The molecule has 0 amide bonds. The number of hydrogen-bond acceptors (Lipinski definition) is 7. The second-order valence-electron chi connectivity index (χ2n) is 6.69. The van der Waals surface area contributed by atoms with Crippen molar-refractivity contribution in [2.24, 2.45) is 5.92 Å². The third kappa shape index (κ3) is 3.00. The van der Waals surface area contributed by atoms with E-state index in [4.69, 9.17) is 25.4 Å². The van der Waals surface area contributed by atoms with Crippen molar-refractivity contribution in [1.29, 1.82) is 0 Å². The fraction of sp³-hybridized carbons (Fsp3) is 0.368. The Morgan fingerprint density at radius 3 is 2.62 bits per heavy atom. The van der Waals surface area contributed by atoms with E-state index in [2.05, 4.69) is 16.0 Å². The summed E-state index contributed by atoms with van der Waals surface area (Å²) in [5.74, 6) is 3.47. The third-order valence-corrected chi connectivity index (χ3v) is 4.77. The molecule has 4 rings (SSSR count). The van der Waals surface area contributed by atoms with Gasteiger partial charge in [-0.2, -0.15) is 4.98 Å². The van der Waals surface area contributed by atoms with Crippen LogP contribution in [0.5, 0.6) is 11.5 Å². The van der Waals surface area contributed by atoms with Crippen molar-refractivity contribution in [2.75, 3.05) is 25.7 Å². The molecule has 0 atom stereocenters. The van der Waals surface area contributed by atoms with Crippen LogP contribution in [0.3, 0.4) is 0 Å². The monoisotopic (exact) mass is 354 g/mol. The molecular weight excluding hydrogens is 332 g/mol. The molecule has 26 heavy (non-hydrogen) atoms. The van der Waals surface area contributed by atoms with Crippen LogP contribution < -0.4 is 20.9 Å². The summed E-state index contributed by atoms with van der Waals surface area (Å²) in [6.07, 6.45) is 5.69. The molecule has 1 saturated carbocycles. The summed E-state index contributed by atoms with van der Waals surface area (Å²) < 4.78 is 17.2. The Labute approximate surface area is 151 Å². The lowest BCUT2D eigenvalue weighted by Crippen LogP contribution is -2.04. The van der Waals surface area contributed by atoms with Gasteiger partial charge in [-0.3, -0.25) is 0 Å². The molecule has 0 spiro atoms. The molecule has 7 heteroatoms. The maximum absolute atomic E-state index is 6.12. The molecule has 7 nitrogen and oxygen atoms in total. The van der Waals surface area contributed by atoms with Gasteiger partial charge in [-0.15, -0.1) is 0 Å². The normalized spacial score (nSPS) is 13.9. The Hall–Kier alpha value is -2.96. The first kappa shape index (κ1) is 16.5. The highest BCUT2D eigenvalue weighted by molar-refractivity contribution is 5.90. The molecule has 1 aromatic carbocycles. The molecule has 0 radical (unpaired) electrons. The van der Waals surface area contributed by atoms with Crippen LogP contribution >= 0.6 is 0 Å². The standard InChI is InChI=1S/C19H22N4O3/c1-24-15-7-11(6-12-9-22-19(21)23-18(12)20)14-8-13(5-10-3-4-10)26-16(14)17(15)25-2/h7-10H,3-6H2,1-2H3,(H4,20,21,22,23). The van der Waals surface area contributed by atoms with Crippen LogP contribution in [0.15, 0.2) is 22.7 Å². The van der Waals surface area contributed by atoms with Crippen molar-refractivity contribution in [1.82, 2.24) is 9.97 Å².